The third-order valence-corrected chi connectivity index (χ3v) is 3.24. The van der Waals surface area contributed by atoms with Gasteiger partial charge in [-0.1, -0.05) is 32.6 Å². The van der Waals surface area contributed by atoms with Crippen LogP contribution in [0.1, 0.15) is 39.5 Å². The van der Waals surface area contributed by atoms with Crippen LogP contribution in [0.4, 0.5) is 0 Å². The summed E-state index contributed by atoms with van der Waals surface area (Å²) in [6, 6.07) is 0. The Morgan fingerprint density at radius 1 is 1.06 bits per heavy atom. The molecule has 0 amide bonds. The fourth-order valence-electron chi connectivity index (χ4n) is 0.870. The summed E-state index contributed by atoms with van der Waals surface area (Å²) in [7, 11) is -3.44. The highest BCUT2D eigenvalue weighted by molar-refractivity contribution is 7.48. The molecule has 0 saturated carbocycles. The maximum atomic E-state index is 12.0. The van der Waals surface area contributed by atoms with Crippen LogP contribution in [0.2, 0.25) is 0 Å². The van der Waals surface area contributed by atoms with Gasteiger partial charge < -0.3 is 0 Å². The van der Waals surface area contributed by atoms with Crippen molar-refractivity contribution in [2.45, 2.75) is 39.5 Å². The van der Waals surface area contributed by atoms with Crippen LogP contribution in [0.15, 0.2) is 0 Å². The van der Waals surface area contributed by atoms with Crippen molar-refractivity contribution >= 4 is 7.82 Å². The second-order valence-electron chi connectivity index (χ2n) is 3.30. The summed E-state index contributed by atoms with van der Waals surface area (Å²) in [5.41, 5.74) is 0. The summed E-state index contributed by atoms with van der Waals surface area (Å²) in [6.07, 6.45) is 8.60. The molecule has 0 spiro atoms. The van der Waals surface area contributed by atoms with E-state index < -0.39 is 7.82 Å². The second-order valence-corrected chi connectivity index (χ2v) is 4.97. The summed E-state index contributed by atoms with van der Waals surface area (Å²) >= 11 is 0. The Morgan fingerprint density at radius 3 is 1.94 bits per heavy atom. The van der Waals surface area contributed by atoms with Crippen molar-refractivity contribution in [3.8, 4) is 12.3 Å². The molecule has 16 heavy (non-hydrogen) atoms. The van der Waals surface area contributed by atoms with Gasteiger partial charge in [0.2, 0.25) is 0 Å². The van der Waals surface area contributed by atoms with E-state index in [0.29, 0.717) is 13.2 Å². The summed E-state index contributed by atoms with van der Waals surface area (Å²) in [6.45, 7) is 4.72. The van der Waals surface area contributed by atoms with Crippen molar-refractivity contribution in [2.24, 2.45) is 0 Å². The molecule has 0 atom stereocenters. The average molecular weight is 248 g/mol. The monoisotopic (exact) mass is 248 g/mol. The number of phosphoric ester groups is 1. The van der Waals surface area contributed by atoms with Crippen molar-refractivity contribution in [2.75, 3.05) is 19.8 Å². The van der Waals surface area contributed by atoms with Gasteiger partial charge in [-0.2, -0.15) is 0 Å². The molecule has 0 N–H and O–H groups in total. The Bertz CT molecular complexity index is 233. The molecule has 0 rings (SSSR count). The summed E-state index contributed by atoms with van der Waals surface area (Å²) in [4.78, 5) is 0. The standard InChI is InChI=1S/C11H21O4P/c1-4-7-10-14-16(12,13-9-6-3)15-11-8-5-2/h3H,4-5,7-11H2,1-2H3. The lowest BCUT2D eigenvalue weighted by atomic mass is 10.4. The minimum Gasteiger partial charge on any atom is -0.287 e. The van der Waals surface area contributed by atoms with Gasteiger partial charge in [0.15, 0.2) is 0 Å². The Kier molecular flexibility index (Phi) is 9.66. The summed E-state index contributed by atoms with van der Waals surface area (Å²) < 4.78 is 27.2. The predicted molar refractivity (Wildman–Crippen MR) is 64.1 cm³/mol. The molecule has 0 aromatic carbocycles. The molecule has 0 aromatic rings. The van der Waals surface area contributed by atoms with E-state index in [1.807, 2.05) is 13.8 Å². The fourth-order valence-corrected chi connectivity index (χ4v) is 2.03. The van der Waals surface area contributed by atoms with E-state index in [-0.39, 0.29) is 6.61 Å². The minimum atomic E-state index is -3.44. The highest BCUT2D eigenvalue weighted by Gasteiger charge is 2.25. The molecule has 0 aliphatic rings. The maximum absolute atomic E-state index is 12.0. The fraction of sp³-hybridized carbons (Fsp3) is 0.818. The highest BCUT2D eigenvalue weighted by atomic mass is 31.2. The third kappa shape index (κ3) is 7.90. The third-order valence-electron chi connectivity index (χ3n) is 1.80. The number of unbranched alkanes of at least 4 members (excludes halogenated alkanes) is 2. The first-order chi connectivity index (χ1) is 7.68. The van der Waals surface area contributed by atoms with Gasteiger partial charge in [-0.05, 0) is 12.8 Å². The summed E-state index contributed by atoms with van der Waals surface area (Å²) in [5, 5.41) is 0. The molecular formula is C11H21O4P. The van der Waals surface area contributed by atoms with Gasteiger partial charge >= 0.3 is 7.82 Å². The number of rotatable bonds is 10. The zero-order valence-electron chi connectivity index (χ0n) is 10.1. The van der Waals surface area contributed by atoms with Crippen LogP contribution >= 0.6 is 7.82 Å². The van der Waals surface area contributed by atoms with Gasteiger partial charge in [-0.25, -0.2) is 4.57 Å². The predicted octanol–water partition coefficient (Wildman–Crippen LogP) is 3.38. The van der Waals surface area contributed by atoms with Crippen LogP contribution in [0.3, 0.4) is 0 Å². The van der Waals surface area contributed by atoms with Crippen LogP contribution in [0.25, 0.3) is 0 Å². The molecule has 0 fully saturated rings. The molecule has 0 heterocycles. The molecule has 0 saturated heterocycles. The molecule has 0 aromatic heterocycles. The SMILES string of the molecule is C#CCOP(=O)(OCCCC)OCCCC. The van der Waals surface area contributed by atoms with Crippen molar-refractivity contribution in [3.05, 3.63) is 0 Å². The number of hydrogen-bond acceptors (Lipinski definition) is 4. The zero-order chi connectivity index (χ0) is 12.3. The second kappa shape index (κ2) is 9.86. The molecule has 0 aliphatic heterocycles. The molecule has 5 heteroatoms. The molecule has 0 unspecified atom stereocenters. The number of phosphoric acid groups is 1. The quantitative estimate of drug-likeness (QED) is 0.338. The van der Waals surface area contributed by atoms with Crippen LogP contribution < -0.4 is 0 Å². The molecule has 0 bridgehead atoms. The molecule has 4 nitrogen and oxygen atoms in total. The van der Waals surface area contributed by atoms with Crippen LogP contribution in [0.5, 0.6) is 0 Å². The minimum absolute atomic E-state index is 0.0600. The Labute approximate surface area is 98.3 Å². The van der Waals surface area contributed by atoms with Gasteiger partial charge in [0.05, 0.1) is 13.2 Å². The van der Waals surface area contributed by atoms with Gasteiger partial charge in [0, 0.05) is 0 Å². The number of terminal acetylenes is 1. The largest absolute Gasteiger partial charge is 0.475 e. The lowest BCUT2D eigenvalue weighted by Gasteiger charge is -2.16. The van der Waals surface area contributed by atoms with Crippen molar-refractivity contribution in [3.63, 3.8) is 0 Å². The average Bonchev–Trinajstić information content (AvgIpc) is 2.27. The van der Waals surface area contributed by atoms with Crippen LogP contribution in [0, 0.1) is 12.3 Å². The van der Waals surface area contributed by atoms with Crippen molar-refractivity contribution < 1.29 is 18.1 Å². The first kappa shape index (κ1) is 15.7. The van der Waals surface area contributed by atoms with Crippen LogP contribution in [-0.4, -0.2) is 19.8 Å². The molecule has 0 radical (unpaired) electrons. The van der Waals surface area contributed by atoms with E-state index >= 15 is 0 Å². The van der Waals surface area contributed by atoms with Crippen molar-refractivity contribution in [1.29, 1.82) is 0 Å². The van der Waals surface area contributed by atoms with E-state index in [9.17, 15) is 4.57 Å². The first-order valence-corrected chi connectivity index (χ1v) is 7.11. The maximum Gasteiger partial charge on any atom is 0.475 e. The highest BCUT2D eigenvalue weighted by Crippen LogP contribution is 2.49. The van der Waals surface area contributed by atoms with E-state index in [2.05, 4.69) is 5.92 Å². The molecule has 94 valence electrons. The zero-order valence-corrected chi connectivity index (χ0v) is 11.0. The number of hydrogen-bond donors (Lipinski definition) is 0. The van der Waals surface area contributed by atoms with E-state index in [1.54, 1.807) is 0 Å². The topological polar surface area (TPSA) is 44.8 Å². The van der Waals surface area contributed by atoms with Gasteiger partial charge in [-0.3, -0.25) is 13.6 Å². The van der Waals surface area contributed by atoms with Gasteiger partial charge in [0.25, 0.3) is 0 Å². The van der Waals surface area contributed by atoms with E-state index in [4.69, 9.17) is 20.0 Å². The lowest BCUT2D eigenvalue weighted by molar-refractivity contribution is 0.120. The normalized spacial score (nSPS) is 11.3. The van der Waals surface area contributed by atoms with E-state index in [1.165, 1.54) is 0 Å². The van der Waals surface area contributed by atoms with Crippen LogP contribution in [-0.2, 0) is 18.1 Å². The Balaban J connectivity index is 4.03. The molecule has 0 aliphatic carbocycles. The Morgan fingerprint density at radius 2 is 1.56 bits per heavy atom. The van der Waals surface area contributed by atoms with Gasteiger partial charge in [0.1, 0.15) is 6.61 Å². The lowest BCUT2D eigenvalue weighted by Crippen LogP contribution is -2.03. The van der Waals surface area contributed by atoms with E-state index in [0.717, 1.165) is 25.7 Å². The first-order valence-electron chi connectivity index (χ1n) is 5.65. The Hall–Kier alpha value is -0.330. The molecular weight excluding hydrogens is 227 g/mol. The van der Waals surface area contributed by atoms with Crippen molar-refractivity contribution in [1.82, 2.24) is 0 Å². The van der Waals surface area contributed by atoms with Gasteiger partial charge in [-0.15, -0.1) is 6.42 Å². The summed E-state index contributed by atoms with van der Waals surface area (Å²) in [5.74, 6) is 2.25. The smallest absolute Gasteiger partial charge is 0.287 e.